The first-order valence-corrected chi connectivity index (χ1v) is 9.22. The van der Waals surface area contributed by atoms with Crippen LogP contribution in [0.15, 0.2) is 42.5 Å². The highest BCUT2D eigenvalue weighted by atomic mass is 19.1. The molecule has 3 aromatic rings. The molecule has 1 unspecified atom stereocenters. The molecular weight excluding hydrogens is 378 g/mol. The number of carbonyl (C=O) groups is 1. The predicted octanol–water partition coefficient (Wildman–Crippen LogP) is 3.44. The number of nitrogens with zero attached hydrogens (tertiary/aromatic N) is 3. The van der Waals surface area contributed by atoms with E-state index < -0.39 is 23.6 Å². The molecule has 0 radical (unpaired) electrons. The third-order valence-electron chi connectivity index (χ3n) is 4.54. The number of rotatable bonds is 6. The van der Waals surface area contributed by atoms with E-state index >= 15 is 0 Å². The number of hydrogen-bond acceptors (Lipinski definition) is 4. The quantitative estimate of drug-likeness (QED) is 0.664. The van der Waals surface area contributed by atoms with Gasteiger partial charge in [-0.3, -0.25) is 4.79 Å². The number of hydrogen-bond donors (Lipinski definition) is 2. The van der Waals surface area contributed by atoms with Crippen molar-refractivity contribution in [1.29, 1.82) is 0 Å². The van der Waals surface area contributed by atoms with Crippen LogP contribution in [-0.4, -0.2) is 32.3 Å². The van der Waals surface area contributed by atoms with Gasteiger partial charge in [0.25, 0.3) is 5.91 Å². The van der Waals surface area contributed by atoms with Crippen LogP contribution in [0.25, 0.3) is 5.69 Å². The predicted molar refractivity (Wildman–Crippen MR) is 104 cm³/mol. The standard InChI is InChI=1S/C21H22F2N4O2/c1-12(2)15-6-4-5-7-18(15)27-13(3)25-20(26-27)21(29)24-11-19(28)16-9-8-14(22)10-17(16)23/h4-10,12,19,28H,11H2,1-3H3,(H,24,29). The van der Waals surface area contributed by atoms with Crippen molar-refractivity contribution in [2.45, 2.75) is 32.8 Å². The zero-order valence-electron chi connectivity index (χ0n) is 16.4. The highest BCUT2D eigenvalue weighted by Gasteiger charge is 2.20. The number of para-hydroxylation sites is 1. The topological polar surface area (TPSA) is 80.0 Å². The van der Waals surface area contributed by atoms with Crippen LogP contribution in [-0.2, 0) is 0 Å². The zero-order valence-corrected chi connectivity index (χ0v) is 16.4. The highest BCUT2D eigenvalue weighted by Crippen LogP contribution is 2.23. The lowest BCUT2D eigenvalue weighted by atomic mass is 10.0. The van der Waals surface area contributed by atoms with Crippen molar-refractivity contribution >= 4 is 5.91 Å². The van der Waals surface area contributed by atoms with E-state index in [9.17, 15) is 18.7 Å². The van der Waals surface area contributed by atoms with E-state index in [1.54, 1.807) is 11.6 Å². The van der Waals surface area contributed by atoms with Crippen LogP contribution < -0.4 is 5.32 Å². The second-order valence-corrected chi connectivity index (χ2v) is 7.00. The summed E-state index contributed by atoms with van der Waals surface area (Å²) in [6.45, 7) is 5.60. The molecule has 29 heavy (non-hydrogen) atoms. The van der Waals surface area contributed by atoms with Gasteiger partial charge >= 0.3 is 0 Å². The summed E-state index contributed by atoms with van der Waals surface area (Å²) < 4.78 is 28.3. The Labute approximate surface area is 167 Å². The Hall–Kier alpha value is -3.13. The Kier molecular flexibility index (Phi) is 6.03. The first-order chi connectivity index (χ1) is 13.8. The van der Waals surface area contributed by atoms with Gasteiger partial charge in [0.1, 0.15) is 17.5 Å². The largest absolute Gasteiger partial charge is 0.386 e. The van der Waals surface area contributed by atoms with Crippen molar-refractivity contribution in [3.8, 4) is 5.69 Å². The molecule has 0 fully saturated rings. The summed E-state index contributed by atoms with van der Waals surface area (Å²) >= 11 is 0. The van der Waals surface area contributed by atoms with E-state index in [1.807, 2.05) is 24.3 Å². The lowest BCUT2D eigenvalue weighted by Crippen LogP contribution is -2.29. The lowest BCUT2D eigenvalue weighted by Gasteiger charge is -2.13. The molecular formula is C21H22F2N4O2. The number of aliphatic hydroxyl groups excluding tert-OH is 1. The molecule has 1 atom stereocenters. The number of aliphatic hydroxyl groups is 1. The molecule has 0 saturated heterocycles. The monoisotopic (exact) mass is 400 g/mol. The van der Waals surface area contributed by atoms with Crippen LogP contribution in [0.2, 0.25) is 0 Å². The summed E-state index contributed by atoms with van der Waals surface area (Å²) in [6, 6.07) is 10.6. The number of benzene rings is 2. The molecule has 0 aliphatic heterocycles. The molecule has 1 aromatic heterocycles. The van der Waals surface area contributed by atoms with Crippen LogP contribution in [0.3, 0.4) is 0 Å². The first kappa shape index (κ1) is 20.6. The minimum absolute atomic E-state index is 0.0622. The van der Waals surface area contributed by atoms with Crippen molar-refractivity contribution in [1.82, 2.24) is 20.1 Å². The molecule has 1 amide bonds. The first-order valence-electron chi connectivity index (χ1n) is 9.22. The van der Waals surface area contributed by atoms with Crippen molar-refractivity contribution < 1.29 is 18.7 Å². The zero-order chi connectivity index (χ0) is 21.1. The third-order valence-corrected chi connectivity index (χ3v) is 4.54. The van der Waals surface area contributed by atoms with Crippen LogP contribution >= 0.6 is 0 Å². The minimum Gasteiger partial charge on any atom is -0.386 e. The maximum atomic E-state index is 13.8. The number of aromatic nitrogens is 3. The second-order valence-electron chi connectivity index (χ2n) is 7.00. The van der Waals surface area contributed by atoms with Gasteiger partial charge in [-0.05, 0) is 30.5 Å². The van der Waals surface area contributed by atoms with Gasteiger partial charge in [-0.25, -0.2) is 18.4 Å². The lowest BCUT2D eigenvalue weighted by molar-refractivity contribution is 0.0903. The smallest absolute Gasteiger partial charge is 0.291 e. The molecule has 1 heterocycles. The van der Waals surface area contributed by atoms with Crippen LogP contribution in [0.4, 0.5) is 8.78 Å². The third kappa shape index (κ3) is 4.48. The maximum Gasteiger partial charge on any atom is 0.291 e. The summed E-state index contributed by atoms with van der Waals surface area (Å²) in [7, 11) is 0. The second kappa shape index (κ2) is 8.48. The van der Waals surface area contributed by atoms with Crippen molar-refractivity contribution in [2.75, 3.05) is 6.54 Å². The molecule has 2 N–H and O–H groups in total. The number of carbonyl (C=O) groups excluding carboxylic acids is 1. The van der Waals surface area contributed by atoms with E-state index in [4.69, 9.17) is 0 Å². The Morgan fingerprint density at radius 1 is 1.17 bits per heavy atom. The SMILES string of the molecule is Cc1nc(C(=O)NCC(O)c2ccc(F)cc2F)nn1-c1ccccc1C(C)C. The summed E-state index contributed by atoms with van der Waals surface area (Å²) in [5.74, 6) is -1.49. The number of aryl methyl sites for hydroxylation is 1. The summed E-state index contributed by atoms with van der Waals surface area (Å²) in [6.07, 6.45) is -1.33. The normalized spacial score (nSPS) is 12.2. The molecule has 8 heteroatoms. The van der Waals surface area contributed by atoms with Crippen molar-refractivity contribution in [3.05, 3.63) is 76.9 Å². The Morgan fingerprint density at radius 3 is 2.59 bits per heavy atom. The van der Waals surface area contributed by atoms with Crippen molar-refractivity contribution in [2.24, 2.45) is 0 Å². The van der Waals surface area contributed by atoms with E-state index in [-0.39, 0.29) is 23.9 Å². The molecule has 6 nitrogen and oxygen atoms in total. The van der Waals surface area contributed by atoms with Crippen LogP contribution in [0, 0.1) is 18.6 Å². The van der Waals surface area contributed by atoms with Crippen molar-refractivity contribution in [3.63, 3.8) is 0 Å². The minimum atomic E-state index is -1.33. The summed E-state index contributed by atoms with van der Waals surface area (Å²) in [5, 5.41) is 16.9. The van der Waals surface area contributed by atoms with Crippen LogP contribution in [0.1, 0.15) is 53.4 Å². The summed E-state index contributed by atoms with van der Waals surface area (Å²) in [5.41, 5.74) is 1.79. The Morgan fingerprint density at radius 2 is 1.90 bits per heavy atom. The fourth-order valence-corrected chi connectivity index (χ4v) is 3.03. The van der Waals surface area contributed by atoms with E-state index in [0.29, 0.717) is 11.9 Å². The molecule has 0 aliphatic rings. The highest BCUT2D eigenvalue weighted by molar-refractivity contribution is 5.90. The molecule has 2 aromatic carbocycles. The Balaban J connectivity index is 1.75. The number of nitrogens with one attached hydrogen (secondary N) is 1. The summed E-state index contributed by atoms with van der Waals surface area (Å²) in [4.78, 5) is 16.6. The molecule has 0 aliphatic carbocycles. The van der Waals surface area contributed by atoms with E-state index in [0.717, 1.165) is 23.4 Å². The molecule has 0 bridgehead atoms. The van der Waals surface area contributed by atoms with E-state index in [2.05, 4.69) is 29.2 Å². The number of halogens is 2. The average molecular weight is 400 g/mol. The molecule has 152 valence electrons. The average Bonchev–Trinajstić information content (AvgIpc) is 3.07. The van der Waals surface area contributed by atoms with Gasteiger partial charge in [0.15, 0.2) is 0 Å². The fraction of sp³-hybridized carbons (Fsp3) is 0.286. The van der Waals surface area contributed by atoms with Crippen LogP contribution in [0.5, 0.6) is 0 Å². The van der Waals surface area contributed by atoms with Gasteiger partial charge in [-0.15, -0.1) is 5.10 Å². The van der Waals surface area contributed by atoms with Gasteiger partial charge in [0, 0.05) is 18.2 Å². The van der Waals surface area contributed by atoms with E-state index in [1.165, 1.54) is 0 Å². The molecule has 0 saturated carbocycles. The van der Waals surface area contributed by atoms with Gasteiger partial charge in [0.05, 0.1) is 11.8 Å². The van der Waals surface area contributed by atoms with Gasteiger partial charge < -0.3 is 10.4 Å². The van der Waals surface area contributed by atoms with Gasteiger partial charge in [0.2, 0.25) is 5.82 Å². The fourth-order valence-electron chi connectivity index (χ4n) is 3.03. The Bertz CT molecular complexity index is 1030. The maximum absolute atomic E-state index is 13.8. The molecule has 0 spiro atoms. The molecule has 3 rings (SSSR count). The van der Waals surface area contributed by atoms with Gasteiger partial charge in [-0.2, -0.15) is 0 Å². The van der Waals surface area contributed by atoms with Gasteiger partial charge in [-0.1, -0.05) is 38.1 Å². The number of amides is 1.